The first kappa shape index (κ1) is 22.2. The van der Waals surface area contributed by atoms with Gasteiger partial charge in [-0.05, 0) is 48.5 Å². The number of anilines is 1. The number of furan rings is 1. The van der Waals surface area contributed by atoms with Gasteiger partial charge in [-0.25, -0.2) is 8.42 Å². The Morgan fingerprint density at radius 3 is 2.67 bits per heavy atom. The largest absolute Gasteiger partial charge is 0.506 e. The Balaban J connectivity index is 1.70. The standard InChI is InChI=1S/C20H17BrClNO6S/c1-2-30(26,27)14-5-6-17(24)16(10-14)23-20(25)19-8-4-13(29-19)11-28-18-7-3-12(21)9-15(18)22/h3-10,24H,2,11H2,1H3,(H,23,25). The number of nitrogens with one attached hydrogen (secondary N) is 1. The van der Waals surface area contributed by atoms with Gasteiger partial charge in [0.2, 0.25) is 0 Å². The van der Waals surface area contributed by atoms with Crippen LogP contribution in [0.1, 0.15) is 23.2 Å². The van der Waals surface area contributed by atoms with Gasteiger partial charge in [0, 0.05) is 4.47 Å². The highest BCUT2D eigenvalue weighted by Crippen LogP contribution is 2.29. The lowest BCUT2D eigenvalue weighted by molar-refractivity contribution is 0.0992. The molecule has 1 heterocycles. The van der Waals surface area contributed by atoms with Crippen molar-refractivity contribution < 1.29 is 27.5 Å². The maximum atomic E-state index is 12.4. The molecule has 1 amide bonds. The molecule has 7 nitrogen and oxygen atoms in total. The van der Waals surface area contributed by atoms with Crippen LogP contribution in [-0.2, 0) is 16.4 Å². The average Bonchev–Trinajstić information content (AvgIpc) is 3.18. The van der Waals surface area contributed by atoms with E-state index in [2.05, 4.69) is 21.2 Å². The summed E-state index contributed by atoms with van der Waals surface area (Å²) in [5, 5.41) is 12.8. The van der Waals surface area contributed by atoms with Crippen molar-refractivity contribution in [3.63, 3.8) is 0 Å². The van der Waals surface area contributed by atoms with E-state index >= 15 is 0 Å². The van der Waals surface area contributed by atoms with Gasteiger partial charge >= 0.3 is 0 Å². The first-order valence-electron chi connectivity index (χ1n) is 8.73. The lowest BCUT2D eigenvalue weighted by atomic mass is 10.3. The van der Waals surface area contributed by atoms with E-state index in [4.69, 9.17) is 20.8 Å². The zero-order chi connectivity index (χ0) is 21.9. The molecule has 0 atom stereocenters. The molecular formula is C20H17BrClNO6S. The van der Waals surface area contributed by atoms with E-state index in [1.165, 1.54) is 31.2 Å². The molecule has 0 radical (unpaired) electrons. The van der Waals surface area contributed by atoms with Crippen LogP contribution in [0.15, 0.2) is 62.3 Å². The molecule has 158 valence electrons. The second-order valence-electron chi connectivity index (χ2n) is 6.17. The third-order valence-corrected chi connectivity index (χ3v) is 6.63. The van der Waals surface area contributed by atoms with Crippen LogP contribution in [0, 0.1) is 0 Å². The Morgan fingerprint density at radius 2 is 1.97 bits per heavy atom. The fourth-order valence-electron chi connectivity index (χ4n) is 2.48. The number of sulfone groups is 1. The molecule has 3 aromatic rings. The predicted octanol–water partition coefficient (Wildman–Crippen LogP) is 5.03. The van der Waals surface area contributed by atoms with E-state index < -0.39 is 15.7 Å². The van der Waals surface area contributed by atoms with Gasteiger partial charge < -0.3 is 19.6 Å². The minimum atomic E-state index is -3.49. The quantitative estimate of drug-likeness (QED) is 0.429. The van der Waals surface area contributed by atoms with Gasteiger partial charge in [-0.15, -0.1) is 0 Å². The molecule has 0 bridgehead atoms. The molecule has 10 heteroatoms. The summed E-state index contributed by atoms with van der Waals surface area (Å²) in [6, 6.07) is 11.9. The lowest BCUT2D eigenvalue weighted by Gasteiger charge is -2.09. The number of carbonyl (C=O) groups is 1. The van der Waals surface area contributed by atoms with Crippen molar-refractivity contribution in [2.75, 3.05) is 11.1 Å². The average molecular weight is 515 g/mol. The highest BCUT2D eigenvalue weighted by atomic mass is 79.9. The molecule has 0 spiro atoms. The number of hydrogen-bond acceptors (Lipinski definition) is 6. The lowest BCUT2D eigenvalue weighted by Crippen LogP contribution is -2.12. The van der Waals surface area contributed by atoms with Crippen molar-refractivity contribution in [2.24, 2.45) is 0 Å². The number of amides is 1. The summed E-state index contributed by atoms with van der Waals surface area (Å²) in [5.41, 5.74) is -0.0367. The molecule has 0 aliphatic rings. The SMILES string of the molecule is CCS(=O)(=O)c1ccc(O)c(NC(=O)c2ccc(COc3ccc(Br)cc3Cl)o2)c1. The minimum Gasteiger partial charge on any atom is -0.506 e. The van der Waals surface area contributed by atoms with Crippen molar-refractivity contribution in [3.8, 4) is 11.5 Å². The number of rotatable bonds is 7. The smallest absolute Gasteiger partial charge is 0.291 e. The summed E-state index contributed by atoms with van der Waals surface area (Å²) >= 11 is 9.40. The number of benzene rings is 2. The number of aromatic hydroxyl groups is 1. The van der Waals surface area contributed by atoms with Crippen LogP contribution in [0.2, 0.25) is 5.02 Å². The van der Waals surface area contributed by atoms with Crippen molar-refractivity contribution in [1.82, 2.24) is 0 Å². The fourth-order valence-corrected chi connectivity index (χ4v) is 4.11. The van der Waals surface area contributed by atoms with Crippen molar-refractivity contribution in [1.29, 1.82) is 0 Å². The van der Waals surface area contributed by atoms with E-state index in [-0.39, 0.29) is 34.5 Å². The van der Waals surface area contributed by atoms with Crippen molar-refractivity contribution >= 4 is 49.0 Å². The van der Waals surface area contributed by atoms with Crippen molar-refractivity contribution in [3.05, 3.63) is 69.5 Å². The minimum absolute atomic E-state index is 0.00184. The Labute approximate surface area is 186 Å². The maximum Gasteiger partial charge on any atom is 0.291 e. The third-order valence-electron chi connectivity index (χ3n) is 4.10. The second kappa shape index (κ2) is 9.11. The molecule has 0 saturated carbocycles. The van der Waals surface area contributed by atoms with Crippen LogP contribution in [0.3, 0.4) is 0 Å². The van der Waals surface area contributed by atoms with Crippen LogP contribution >= 0.6 is 27.5 Å². The first-order valence-corrected chi connectivity index (χ1v) is 11.6. The summed E-state index contributed by atoms with van der Waals surface area (Å²) in [4.78, 5) is 12.4. The predicted molar refractivity (Wildman–Crippen MR) is 116 cm³/mol. The Hall–Kier alpha value is -2.49. The van der Waals surface area contributed by atoms with Gasteiger partial charge in [-0.2, -0.15) is 0 Å². The molecule has 0 saturated heterocycles. The summed E-state index contributed by atoms with van der Waals surface area (Å²) in [7, 11) is -3.49. The van der Waals surface area contributed by atoms with E-state index in [0.717, 1.165) is 4.47 Å². The van der Waals surface area contributed by atoms with Crippen LogP contribution in [0.4, 0.5) is 5.69 Å². The maximum absolute atomic E-state index is 12.4. The van der Waals surface area contributed by atoms with Gasteiger partial charge in [0.15, 0.2) is 15.6 Å². The first-order chi connectivity index (χ1) is 14.2. The molecule has 0 aliphatic carbocycles. The summed E-state index contributed by atoms with van der Waals surface area (Å²) in [6.07, 6.45) is 0. The Morgan fingerprint density at radius 1 is 1.20 bits per heavy atom. The highest BCUT2D eigenvalue weighted by Gasteiger charge is 2.18. The normalized spacial score (nSPS) is 11.3. The molecule has 1 aromatic heterocycles. The monoisotopic (exact) mass is 513 g/mol. The van der Waals surface area contributed by atoms with Gasteiger partial charge in [0.05, 0.1) is 21.4 Å². The number of ether oxygens (including phenoxy) is 1. The molecule has 3 rings (SSSR count). The fraction of sp³-hybridized carbons (Fsp3) is 0.150. The Bertz CT molecular complexity index is 1190. The molecule has 0 unspecified atom stereocenters. The molecule has 30 heavy (non-hydrogen) atoms. The van der Waals surface area contributed by atoms with Crippen LogP contribution in [0.25, 0.3) is 0 Å². The van der Waals surface area contributed by atoms with Gasteiger partial charge in [0.1, 0.15) is 23.9 Å². The number of carbonyl (C=O) groups excluding carboxylic acids is 1. The number of hydrogen-bond donors (Lipinski definition) is 2. The van der Waals surface area contributed by atoms with E-state index in [9.17, 15) is 18.3 Å². The molecule has 0 aliphatic heterocycles. The van der Waals surface area contributed by atoms with Crippen LogP contribution in [0.5, 0.6) is 11.5 Å². The van der Waals surface area contributed by atoms with E-state index in [1.807, 2.05) is 0 Å². The van der Waals surface area contributed by atoms with Gasteiger partial charge in [-0.1, -0.05) is 34.5 Å². The number of phenolic OH excluding ortho intramolecular Hbond substituents is 1. The topological polar surface area (TPSA) is 106 Å². The summed E-state index contributed by atoms with van der Waals surface area (Å²) in [5.74, 6) is -0.206. The zero-order valence-electron chi connectivity index (χ0n) is 15.7. The van der Waals surface area contributed by atoms with Crippen LogP contribution < -0.4 is 10.1 Å². The second-order valence-corrected chi connectivity index (χ2v) is 9.77. The Kier molecular flexibility index (Phi) is 6.74. The molecular weight excluding hydrogens is 498 g/mol. The van der Waals surface area contributed by atoms with Crippen LogP contribution in [-0.4, -0.2) is 25.2 Å². The van der Waals surface area contributed by atoms with Crippen molar-refractivity contribution in [2.45, 2.75) is 18.4 Å². The van der Waals surface area contributed by atoms with E-state index in [0.29, 0.717) is 16.5 Å². The molecule has 2 aromatic carbocycles. The summed E-state index contributed by atoms with van der Waals surface area (Å²) < 4.78 is 35.9. The third kappa shape index (κ3) is 5.16. The zero-order valence-corrected chi connectivity index (χ0v) is 18.8. The van der Waals surface area contributed by atoms with Gasteiger partial charge in [-0.3, -0.25) is 4.79 Å². The van der Waals surface area contributed by atoms with Gasteiger partial charge in [0.25, 0.3) is 5.91 Å². The molecule has 0 fully saturated rings. The number of phenols is 1. The highest BCUT2D eigenvalue weighted by molar-refractivity contribution is 9.10. The molecule has 2 N–H and O–H groups in total. The number of halogens is 2. The summed E-state index contributed by atoms with van der Waals surface area (Å²) in [6.45, 7) is 1.55. The van der Waals surface area contributed by atoms with E-state index in [1.54, 1.807) is 24.3 Å².